The van der Waals surface area contributed by atoms with E-state index in [2.05, 4.69) is 5.32 Å². The summed E-state index contributed by atoms with van der Waals surface area (Å²) in [5.41, 5.74) is 1.83. The fourth-order valence-electron chi connectivity index (χ4n) is 3.80. The Labute approximate surface area is 184 Å². The van der Waals surface area contributed by atoms with E-state index >= 15 is 0 Å². The summed E-state index contributed by atoms with van der Waals surface area (Å²) in [7, 11) is -3.72. The third-order valence-corrected chi connectivity index (χ3v) is 6.21. The zero-order valence-corrected chi connectivity index (χ0v) is 19.5. The number of amides is 1. The Morgan fingerprint density at radius 3 is 2.65 bits per heavy atom. The number of sulfonamides is 1. The number of fused-ring (bicyclic) bond motifs is 1. The highest BCUT2D eigenvalue weighted by Gasteiger charge is 2.35. The summed E-state index contributed by atoms with van der Waals surface area (Å²) in [5, 5.41) is 3.02. The molecule has 3 rings (SSSR count). The molecule has 0 bridgehead atoms. The standard InChI is InChI=1S/C23H30N2O5S/c1-6-29-21-10-8-7-9-19(21)25(31(5,27)28)15-22(26)24-18-14-23(3,4)30-20-12-11-16(2)13-17(18)20/h7-13,18H,6,14-15H2,1-5H3,(H,24,26)/t18-/m1/s1. The smallest absolute Gasteiger partial charge is 0.241 e. The Balaban J connectivity index is 1.87. The highest BCUT2D eigenvalue weighted by molar-refractivity contribution is 7.92. The van der Waals surface area contributed by atoms with E-state index in [9.17, 15) is 13.2 Å². The molecule has 0 fully saturated rings. The van der Waals surface area contributed by atoms with E-state index in [1.54, 1.807) is 24.3 Å². The molecule has 0 saturated heterocycles. The van der Waals surface area contributed by atoms with Gasteiger partial charge >= 0.3 is 0 Å². The number of nitrogens with zero attached hydrogens (tertiary/aromatic N) is 1. The molecule has 1 aliphatic rings. The van der Waals surface area contributed by atoms with Crippen LogP contribution in [0.5, 0.6) is 11.5 Å². The number of carbonyl (C=O) groups excluding carboxylic acids is 1. The van der Waals surface area contributed by atoms with Crippen molar-refractivity contribution in [3.63, 3.8) is 0 Å². The minimum Gasteiger partial charge on any atom is -0.492 e. The van der Waals surface area contributed by atoms with E-state index < -0.39 is 21.5 Å². The fourth-order valence-corrected chi connectivity index (χ4v) is 4.65. The lowest BCUT2D eigenvalue weighted by Crippen LogP contribution is -2.45. The molecule has 0 saturated carbocycles. The largest absolute Gasteiger partial charge is 0.492 e. The summed E-state index contributed by atoms with van der Waals surface area (Å²) < 4.78 is 37.8. The number of rotatable bonds is 7. The van der Waals surface area contributed by atoms with Crippen molar-refractivity contribution in [3.05, 3.63) is 53.6 Å². The molecule has 0 radical (unpaired) electrons. The Morgan fingerprint density at radius 1 is 1.26 bits per heavy atom. The van der Waals surface area contributed by atoms with Crippen molar-refractivity contribution in [2.75, 3.05) is 23.7 Å². The predicted octanol–water partition coefficient (Wildman–Crippen LogP) is 3.58. The van der Waals surface area contributed by atoms with Crippen LogP contribution >= 0.6 is 0 Å². The molecule has 1 atom stereocenters. The molecule has 1 N–H and O–H groups in total. The quantitative estimate of drug-likeness (QED) is 0.703. The second-order valence-corrected chi connectivity index (χ2v) is 10.3. The van der Waals surface area contributed by atoms with Crippen LogP contribution in [0.15, 0.2) is 42.5 Å². The third-order valence-electron chi connectivity index (χ3n) is 5.08. The number of hydrogen-bond acceptors (Lipinski definition) is 5. The van der Waals surface area contributed by atoms with Gasteiger partial charge in [-0.2, -0.15) is 0 Å². The molecule has 0 aromatic heterocycles. The van der Waals surface area contributed by atoms with Gasteiger partial charge in [-0.3, -0.25) is 9.10 Å². The van der Waals surface area contributed by atoms with Crippen LogP contribution < -0.4 is 19.1 Å². The molecule has 7 nitrogen and oxygen atoms in total. The van der Waals surface area contributed by atoms with Crippen LogP contribution in [0.3, 0.4) is 0 Å². The number of ether oxygens (including phenoxy) is 2. The number of anilines is 1. The van der Waals surface area contributed by atoms with E-state index in [0.717, 1.165) is 27.4 Å². The van der Waals surface area contributed by atoms with Crippen LogP contribution in [0.4, 0.5) is 5.69 Å². The lowest BCUT2D eigenvalue weighted by Gasteiger charge is -2.38. The van der Waals surface area contributed by atoms with Crippen molar-refractivity contribution < 1.29 is 22.7 Å². The molecule has 1 amide bonds. The summed E-state index contributed by atoms with van der Waals surface area (Å²) in [4.78, 5) is 13.0. The van der Waals surface area contributed by atoms with Gasteiger partial charge in [-0.1, -0.05) is 29.8 Å². The first-order valence-corrected chi connectivity index (χ1v) is 12.1. The van der Waals surface area contributed by atoms with Gasteiger partial charge < -0.3 is 14.8 Å². The minimum absolute atomic E-state index is 0.283. The van der Waals surface area contributed by atoms with Crippen molar-refractivity contribution >= 4 is 21.6 Å². The van der Waals surface area contributed by atoms with E-state index in [1.807, 2.05) is 45.9 Å². The number of benzene rings is 2. The molecule has 31 heavy (non-hydrogen) atoms. The van der Waals surface area contributed by atoms with Gasteiger partial charge in [0, 0.05) is 12.0 Å². The molecule has 2 aromatic rings. The maximum Gasteiger partial charge on any atom is 0.241 e. The fraction of sp³-hybridized carbons (Fsp3) is 0.435. The van der Waals surface area contributed by atoms with E-state index in [0.29, 0.717) is 24.5 Å². The number of carbonyl (C=O) groups is 1. The highest BCUT2D eigenvalue weighted by atomic mass is 32.2. The topological polar surface area (TPSA) is 84.9 Å². The lowest BCUT2D eigenvalue weighted by atomic mass is 9.89. The van der Waals surface area contributed by atoms with Crippen molar-refractivity contribution in [1.82, 2.24) is 5.32 Å². The Hall–Kier alpha value is -2.74. The third kappa shape index (κ3) is 5.50. The maximum atomic E-state index is 13.0. The van der Waals surface area contributed by atoms with Crippen molar-refractivity contribution in [1.29, 1.82) is 0 Å². The zero-order chi connectivity index (χ0) is 22.8. The molecule has 168 valence electrons. The van der Waals surface area contributed by atoms with Crippen LogP contribution in [0.2, 0.25) is 0 Å². The molecule has 1 heterocycles. The van der Waals surface area contributed by atoms with Crippen LogP contribution in [-0.4, -0.2) is 39.3 Å². The summed E-state index contributed by atoms with van der Waals surface area (Å²) in [6, 6.07) is 12.4. The number of hydrogen-bond donors (Lipinski definition) is 1. The second kappa shape index (κ2) is 8.78. The van der Waals surface area contributed by atoms with Crippen molar-refractivity contribution in [3.8, 4) is 11.5 Å². The summed E-state index contributed by atoms with van der Waals surface area (Å²) in [6.07, 6.45) is 1.66. The molecule has 2 aromatic carbocycles. The molecule has 8 heteroatoms. The van der Waals surface area contributed by atoms with Gasteiger partial charge in [0.25, 0.3) is 0 Å². The normalized spacial score (nSPS) is 17.3. The molecule has 1 aliphatic heterocycles. The first kappa shape index (κ1) is 22.9. The number of nitrogens with one attached hydrogen (secondary N) is 1. The van der Waals surface area contributed by atoms with Crippen molar-refractivity contribution in [2.45, 2.75) is 45.8 Å². The average Bonchev–Trinajstić information content (AvgIpc) is 2.66. The van der Waals surface area contributed by atoms with E-state index in [-0.39, 0.29) is 12.6 Å². The Kier molecular flexibility index (Phi) is 6.50. The summed E-state index contributed by atoms with van der Waals surface area (Å²) in [6.45, 7) is 7.78. The summed E-state index contributed by atoms with van der Waals surface area (Å²) >= 11 is 0. The van der Waals surface area contributed by atoms with Gasteiger partial charge in [-0.15, -0.1) is 0 Å². The van der Waals surface area contributed by atoms with Gasteiger partial charge in [0.1, 0.15) is 23.6 Å². The molecule has 0 aliphatic carbocycles. The Morgan fingerprint density at radius 2 is 1.97 bits per heavy atom. The molecule has 0 unspecified atom stereocenters. The van der Waals surface area contributed by atoms with Crippen LogP contribution in [-0.2, 0) is 14.8 Å². The lowest BCUT2D eigenvalue weighted by molar-refractivity contribution is -0.120. The summed E-state index contributed by atoms with van der Waals surface area (Å²) in [5.74, 6) is 0.747. The first-order valence-electron chi connectivity index (χ1n) is 10.3. The maximum absolute atomic E-state index is 13.0. The van der Waals surface area contributed by atoms with Crippen LogP contribution in [0.25, 0.3) is 0 Å². The van der Waals surface area contributed by atoms with Crippen molar-refractivity contribution in [2.24, 2.45) is 0 Å². The molecular formula is C23H30N2O5S. The second-order valence-electron chi connectivity index (χ2n) is 8.40. The minimum atomic E-state index is -3.72. The van der Waals surface area contributed by atoms with E-state index in [1.165, 1.54) is 0 Å². The zero-order valence-electron chi connectivity index (χ0n) is 18.6. The average molecular weight is 447 g/mol. The number of para-hydroxylation sites is 2. The van der Waals surface area contributed by atoms with Gasteiger partial charge in [0.2, 0.25) is 15.9 Å². The first-order chi connectivity index (χ1) is 14.5. The van der Waals surface area contributed by atoms with Gasteiger partial charge in [0.15, 0.2) is 0 Å². The molecular weight excluding hydrogens is 416 g/mol. The number of aryl methyl sites for hydroxylation is 1. The van der Waals surface area contributed by atoms with Gasteiger partial charge in [-0.25, -0.2) is 8.42 Å². The predicted molar refractivity (Wildman–Crippen MR) is 121 cm³/mol. The van der Waals surface area contributed by atoms with Crippen LogP contribution in [0.1, 0.15) is 44.4 Å². The monoisotopic (exact) mass is 446 g/mol. The highest BCUT2D eigenvalue weighted by Crippen LogP contribution is 2.40. The SMILES string of the molecule is CCOc1ccccc1N(CC(=O)N[C@@H]1CC(C)(C)Oc2ccc(C)cc21)S(C)(=O)=O. The van der Waals surface area contributed by atoms with Crippen LogP contribution in [0, 0.1) is 6.92 Å². The van der Waals surface area contributed by atoms with E-state index in [4.69, 9.17) is 9.47 Å². The molecule has 0 spiro atoms. The van der Waals surface area contributed by atoms with Gasteiger partial charge in [0.05, 0.1) is 24.6 Å². The van der Waals surface area contributed by atoms with Gasteiger partial charge in [-0.05, 0) is 45.9 Å². The Bertz CT molecular complexity index is 1070.